The number of thiazole rings is 1. The van der Waals surface area contributed by atoms with Crippen molar-refractivity contribution in [2.45, 2.75) is 70.9 Å². The third-order valence-electron chi connectivity index (χ3n) is 4.59. The van der Waals surface area contributed by atoms with E-state index in [1.807, 2.05) is 20.8 Å². The van der Waals surface area contributed by atoms with E-state index in [0.717, 1.165) is 50.3 Å². The average molecular weight is 441 g/mol. The second kappa shape index (κ2) is 11.1. The summed E-state index contributed by atoms with van der Waals surface area (Å²) in [6.45, 7) is 7.49. The van der Waals surface area contributed by atoms with Gasteiger partial charge >= 0.3 is 12.1 Å². The number of aromatic carboxylic acids is 1. The number of nitrogens with zero attached hydrogens (tertiary/aromatic N) is 2. The van der Waals surface area contributed by atoms with E-state index in [-0.39, 0.29) is 17.6 Å². The number of hydrogen-bond donors (Lipinski definition) is 3. The normalized spacial score (nSPS) is 15.0. The van der Waals surface area contributed by atoms with Crippen LogP contribution < -0.4 is 15.5 Å². The molecule has 2 amide bonds. The molecule has 0 unspecified atom stereocenters. The monoisotopic (exact) mass is 440 g/mol. The van der Waals surface area contributed by atoms with Crippen LogP contribution in [0.5, 0.6) is 0 Å². The van der Waals surface area contributed by atoms with Gasteiger partial charge in [-0.1, -0.05) is 6.42 Å². The van der Waals surface area contributed by atoms with Crippen LogP contribution in [0.2, 0.25) is 0 Å². The van der Waals surface area contributed by atoms with Crippen molar-refractivity contribution in [1.82, 2.24) is 15.6 Å². The van der Waals surface area contributed by atoms with E-state index in [1.54, 1.807) is 5.38 Å². The maximum absolute atomic E-state index is 12.1. The van der Waals surface area contributed by atoms with Crippen LogP contribution in [0, 0.1) is 0 Å². The van der Waals surface area contributed by atoms with Crippen molar-refractivity contribution in [3.8, 4) is 0 Å². The number of ether oxygens (including phenoxy) is 1. The first kappa shape index (κ1) is 23.9. The Hall–Kier alpha value is -2.36. The second-order valence-electron chi connectivity index (χ2n) is 8.39. The first-order chi connectivity index (χ1) is 14.1. The minimum atomic E-state index is -1.01. The van der Waals surface area contributed by atoms with E-state index >= 15 is 0 Å². The van der Waals surface area contributed by atoms with Gasteiger partial charge in [0, 0.05) is 37.5 Å². The van der Waals surface area contributed by atoms with Crippen molar-refractivity contribution < 1.29 is 24.2 Å². The molecule has 0 aliphatic carbocycles. The van der Waals surface area contributed by atoms with Crippen LogP contribution in [0.15, 0.2) is 5.38 Å². The maximum atomic E-state index is 12.1. The summed E-state index contributed by atoms with van der Waals surface area (Å²) in [6.07, 6.45) is 4.12. The lowest BCUT2D eigenvalue weighted by molar-refractivity contribution is -0.122. The van der Waals surface area contributed by atoms with Crippen molar-refractivity contribution >= 4 is 34.4 Å². The number of nitrogens with one attached hydrogen (secondary N) is 2. The standard InChI is InChI=1S/C20H32N4O5S/c1-20(2,3)29-19(28)21-10-6-4-5-7-16(25)22-14-8-11-24(12-9-14)18-23-15(13-30-18)17(26)27/h13-14H,4-12H2,1-3H3,(H,21,28)(H,22,25)(H,26,27). The Kier molecular flexibility index (Phi) is 8.88. The Labute approximate surface area is 181 Å². The maximum Gasteiger partial charge on any atom is 0.407 e. The predicted molar refractivity (Wildman–Crippen MR) is 115 cm³/mol. The number of carbonyl (C=O) groups excluding carboxylic acids is 2. The fourth-order valence-corrected chi connectivity index (χ4v) is 3.97. The molecule has 0 atom stereocenters. The number of alkyl carbamates (subject to hydrolysis) is 1. The van der Waals surface area contributed by atoms with Gasteiger partial charge in [0.25, 0.3) is 0 Å². The number of aromatic nitrogens is 1. The van der Waals surface area contributed by atoms with Gasteiger partial charge in [-0.25, -0.2) is 14.6 Å². The van der Waals surface area contributed by atoms with Crippen molar-refractivity contribution in [2.75, 3.05) is 24.5 Å². The molecule has 0 aromatic carbocycles. The zero-order valence-corrected chi connectivity index (χ0v) is 18.7. The summed E-state index contributed by atoms with van der Waals surface area (Å²) in [5, 5.41) is 17.0. The quantitative estimate of drug-likeness (QED) is 0.505. The molecule has 1 aliphatic heterocycles. The Morgan fingerprint density at radius 1 is 1.23 bits per heavy atom. The third kappa shape index (κ3) is 8.56. The number of amides is 2. The number of piperidine rings is 1. The Bertz CT molecular complexity index is 723. The summed E-state index contributed by atoms with van der Waals surface area (Å²) >= 11 is 1.33. The summed E-state index contributed by atoms with van der Waals surface area (Å²) in [6, 6.07) is 0.140. The van der Waals surface area contributed by atoms with Crippen LogP contribution in [0.1, 0.15) is 69.8 Å². The molecule has 9 nitrogen and oxygen atoms in total. The smallest absolute Gasteiger partial charge is 0.407 e. The van der Waals surface area contributed by atoms with E-state index in [2.05, 4.69) is 20.5 Å². The van der Waals surface area contributed by atoms with Gasteiger partial charge in [-0.15, -0.1) is 11.3 Å². The Balaban J connectivity index is 1.55. The zero-order chi connectivity index (χ0) is 22.1. The number of carbonyl (C=O) groups is 3. The zero-order valence-electron chi connectivity index (χ0n) is 17.9. The molecule has 30 heavy (non-hydrogen) atoms. The minimum Gasteiger partial charge on any atom is -0.476 e. The van der Waals surface area contributed by atoms with E-state index < -0.39 is 17.7 Å². The fourth-order valence-electron chi connectivity index (χ4n) is 3.11. The SMILES string of the molecule is CC(C)(C)OC(=O)NCCCCCC(=O)NC1CCN(c2nc(C(=O)O)cs2)CC1. The van der Waals surface area contributed by atoms with E-state index in [4.69, 9.17) is 9.84 Å². The number of anilines is 1. The average Bonchev–Trinajstić information content (AvgIpc) is 3.14. The predicted octanol–water partition coefficient (Wildman–Crippen LogP) is 3.01. The lowest BCUT2D eigenvalue weighted by Crippen LogP contribution is -2.44. The minimum absolute atomic E-state index is 0.0518. The van der Waals surface area contributed by atoms with Gasteiger partial charge in [0.1, 0.15) is 5.60 Å². The van der Waals surface area contributed by atoms with Gasteiger partial charge in [-0.3, -0.25) is 4.79 Å². The molecule has 168 valence electrons. The molecule has 1 saturated heterocycles. The van der Waals surface area contributed by atoms with E-state index in [0.29, 0.717) is 13.0 Å². The topological polar surface area (TPSA) is 121 Å². The molecule has 2 rings (SSSR count). The highest BCUT2D eigenvalue weighted by Crippen LogP contribution is 2.24. The van der Waals surface area contributed by atoms with Gasteiger partial charge in [-0.05, 0) is 46.5 Å². The first-order valence-electron chi connectivity index (χ1n) is 10.3. The highest BCUT2D eigenvalue weighted by Gasteiger charge is 2.23. The lowest BCUT2D eigenvalue weighted by atomic mass is 10.0. The van der Waals surface area contributed by atoms with Crippen molar-refractivity contribution in [3.63, 3.8) is 0 Å². The van der Waals surface area contributed by atoms with Crippen LogP contribution in [-0.2, 0) is 9.53 Å². The third-order valence-corrected chi connectivity index (χ3v) is 5.49. The summed E-state index contributed by atoms with van der Waals surface area (Å²) in [5.41, 5.74) is -0.424. The molecule has 0 bridgehead atoms. The molecule has 3 N–H and O–H groups in total. The number of unbranched alkanes of at least 4 members (excludes halogenated alkanes) is 2. The molecular weight excluding hydrogens is 408 g/mol. The van der Waals surface area contributed by atoms with Crippen molar-refractivity contribution in [3.05, 3.63) is 11.1 Å². The van der Waals surface area contributed by atoms with E-state index in [9.17, 15) is 14.4 Å². The fraction of sp³-hybridized carbons (Fsp3) is 0.700. The van der Waals surface area contributed by atoms with Crippen molar-refractivity contribution in [1.29, 1.82) is 0 Å². The van der Waals surface area contributed by atoms with Crippen LogP contribution in [0.3, 0.4) is 0 Å². The summed E-state index contributed by atoms with van der Waals surface area (Å²) < 4.78 is 5.17. The molecule has 1 aromatic heterocycles. The summed E-state index contributed by atoms with van der Waals surface area (Å²) in [5.74, 6) is -0.962. The van der Waals surface area contributed by atoms with Gasteiger partial charge in [0.05, 0.1) is 0 Å². The number of carboxylic acid groups (broad SMARTS) is 1. The number of carboxylic acids is 1. The Morgan fingerprint density at radius 2 is 1.93 bits per heavy atom. The van der Waals surface area contributed by atoms with Crippen LogP contribution in [-0.4, -0.2) is 59.3 Å². The molecule has 1 aromatic rings. The van der Waals surface area contributed by atoms with Gasteiger partial charge < -0.3 is 25.4 Å². The van der Waals surface area contributed by atoms with Gasteiger partial charge in [0.15, 0.2) is 10.8 Å². The molecule has 2 heterocycles. The molecular formula is C20H32N4O5S. The molecule has 10 heteroatoms. The van der Waals surface area contributed by atoms with Gasteiger partial charge in [0.2, 0.25) is 5.91 Å². The second-order valence-corrected chi connectivity index (χ2v) is 9.23. The summed E-state index contributed by atoms with van der Waals surface area (Å²) in [4.78, 5) is 40.8. The molecule has 0 spiro atoms. The molecule has 1 aliphatic rings. The van der Waals surface area contributed by atoms with Crippen molar-refractivity contribution in [2.24, 2.45) is 0 Å². The Morgan fingerprint density at radius 3 is 2.53 bits per heavy atom. The van der Waals surface area contributed by atoms with Crippen LogP contribution >= 0.6 is 11.3 Å². The molecule has 0 radical (unpaired) electrons. The number of rotatable bonds is 9. The molecule has 1 fully saturated rings. The van der Waals surface area contributed by atoms with Crippen LogP contribution in [0.25, 0.3) is 0 Å². The summed E-state index contributed by atoms with van der Waals surface area (Å²) in [7, 11) is 0. The van der Waals surface area contributed by atoms with E-state index in [1.165, 1.54) is 11.3 Å². The highest BCUT2D eigenvalue weighted by molar-refractivity contribution is 7.13. The largest absolute Gasteiger partial charge is 0.476 e. The number of hydrogen-bond acceptors (Lipinski definition) is 7. The molecule has 0 saturated carbocycles. The first-order valence-corrected chi connectivity index (χ1v) is 11.2. The van der Waals surface area contributed by atoms with Crippen LogP contribution in [0.4, 0.5) is 9.93 Å². The lowest BCUT2D eigenvalue weighted by Gasteiger charge is -2.32. The highest BCUT2D eigenvalue weighted by atomic mass is 32.1. The van der Waals surface area contributed by atoms with Gasteiger partial charge in [-0.2, -0.15) is 0 Å².